The molecule has 6 heteroatoms. The molecule has 0 aliphatic heterocycles. The first kappa shape index (κ1) is 10.8. The summed E-state index contributed by atoms with van der Waals surface area (Å²) in [6, 6.07) is 5.63. The van der Waals surface area contributed by atoms with Crippen LogP contribution in [0.15, 0.2) is 35.0 Å². The van der Waals surface area contributed by atoms with Gasteiger partial charge in [-0.15, -0.1) is 0 Å². The number of nitro groups is 1. The minimum absolute atomic E-state index is 0.0489. The van der Waals surface area contributed by atoms with Crippen molar-refractivity contribution in [3.05, 3.63) is 45.1 Å². The minimum Gasteiger partial charge on any atom is -0.444 e. The molecule has 0 aromatic heterocycles. The largest absolute Gasteiger partial charge is 0.444 e. The van der Waals surface area contributed by atoms with Crippen LogP contribution in [-0.2, 0) is 0 Å². The first-order chi connectivity index (χ1) is 6.63. The Morgan fingerprint density at radius 1 is 1.57 bits per heavy atom. The molecule has 0 saturated heterocycles. The zero-order valence-corrected chi connectivity index (χ0v) is 8.33. The van der Waals surface area contributed by atoms with Gasteiger partial charge in [0.25, 0.3) is 5.69 Å². The van der Waals surface area contributed by atoms with Crippen molar-refractivity contribution < 1.29 is 9.66 Å². The van der Waals surface area contributed by atoms with Gasteiger partial charge >= 0.3 is 0 Å². The van der Waals surface area contributed by atoms with Gasteiger partial charge in [0.1, 0.15) is 5.75 Å². The number of halogens is 2. The van der Waals surface area contributed by atoms with E-state index in [2.05, 4.69) is 0 Å². The van der Waals surface area contributed by atoms with E-state index < -0.39 is 4.92 Å². The molecular weight excluding hydrogens is 229 g/mol. The topological polar surface area (TPSA) is 52.4 Å². The number of ether oxygens (including phenoxy) is 1. The van der Waals surface area contributed by atoms with Crippen molar-refractivity contribution in [2.75, 3.05) is 0 Å². The van der Waals surface area contributed by atoms with Crippen LogP contribution < -0.4 is 4.74 Å². The Hall–Kier alpha value is -1.26. The molecule has 0 bridgehead atoms. The second-order valence-electron chi connectivity index (χ2n) is 2.27. The summed E-state index contributed by atoms with van der Waals surface area (Å²) in [4.78, 5) is 9.86. The van der Waals surface area contributed by atoms with Crippen molar-refractivity contribution in [1.82, 2.24) is 0 Å². The molecule has 74 valence electrons. The summed E-state index contributed by atoms with van der Waals surface area (Å²) < 4.78 is 4.94. The summed E-state index contributed by atoms with van der Waals surface area (Å²) in [6.07, 6.45) is 0. The van der Waals surface area contributed by atoms with Crippen LogP contribution in [0.4, 0.5) is 5.69 Å². The fraction of sp³-hybridized carbons (Fsp3) is 0. The first-order valence-electron chi connectivity index (χ1n) is 3.51. The second-order valence-corrected chi connectivity index (χ2v) is 2.86. The van der Waals surface area contributed by atoms with Crippen LogP contribution in [0.2, 0.25) is 0 Å². The quantitative estimate of drug-likeness (QED) is 0.458. The fourth-order valence-corrected chi connectivity index (χ4v) is 0.929. The molecule has 0 aliphatic rings. The molecule has 0 heterocycles. The Bertz CT molecular complexity index is 379. The molecule has 1 aromatic carbocycles. The monoisotopic (exact) mass is 233 g/mol. The lowest BCUT2D eigenvalue weighted by Crippen LogP contribution is -1.90. The highest BCUT2D eigenvalue weighted by Gasteiger charge is 2.06. The molecule has 0 N–H and O–H groups in total. The van der Waals surface area contributed by atoms with Gasteiger partial charge in [-0.05, 0) is 17.7 Å². The molecule has 0 fully saturated rings. The SMILES string of the molecule is O=[N+]([O-])c1cccc(O/C(Cl)=C\Cl)c1. The average Bonchev–Trinajstić information content (AvgIpc) is 2.18. The normalized spacial score (nSPS) is 11.1. The van der Waals surface area contributed by atoms with Gasteiger partial charge in [-0.1, -0.05) is 17.7 Å². The molecule has 0 saturated carbocycles. The van der Waals surface area contributed by atoms with Crippen LogP contribution >= 0.6 is 23.2 Å². The number of non-ortho nitro benzene ring substituents is 1. The summed E-state index contributed by atoms with van der Waals surface area (Å²) >= 11 is 10.7. The van der Waals surface area contributed by atoms with E-state index in [0.29, 0.717) is 0 Å². The molecule has 0 unspecified atom stereocenters. The number of benzene rings is 1. The van der Waals surface area contributed by atoms with Crippen molar-refractivity contribution in [3.63, 3.8) is 0 Å². The predicted octanol–water partition coefficient (Wildman–Crippen LogP) is 3.25. The van der Waals surface area contributed by atoms with Crippen molar-refractivity contribution >= 4 is 28.9 Å². The maximum absolute atomic E-state index is 10.4. The summed E-state index contributed by atoms with van der Waals surface area (Å²) in [5.74, 6) is 0.265. The molecule has 1 rings (SSSR count). The van der Waals surface area contributed by atoms with Crippen molar-refractivity contribution in [3.8, 4) is 5.75 Å². The number of nitrogens with zero attached hydrogens (tertiary/aromatic N) is 1. The van der Waals surface area contributed by atoms with Crippen LogP contribution in [0.3, 0.4) is 0 Å². The Balaban J connectivity index is 2.89. The highest BCUT2D eigenvalue weighted by Crippen LogP contribution is 2.22. The second kappa shape index (κ2) is 4.83. The summed E-state index contributed by atoms with van der Waals surface area (Å²) in [7, 11) is 0. The molecule has 0 spiro atoms. The number of hydrogen-bond acceptors (Lipinski definition) is 3. The Labute approximate surface area is 89.8 Å². The Kier molecular flexibility index (Phi) is 3.73. The molecule has 1 aromatic rings. The van der Waals surface area contributed by atoms with Crippen LogP contribution in [0.1, 0.15) is 0 Å². The van der Waals surface area contributed by atoms with E-state index in [0.717, 1.165) is 5.54 Å². The van der Waals surface area contributed by atoms with Crippen molar-refractivity contribution in [1.29, 1.82) is 0 Å². The van der Waals surface area contributed by atoms with E-state index in [4.69, 9.17) is 27.9 Å². The van der Waals surface area contributed by atoms with Crippen molar-refractivity contribution in [2.24, 2.45) is 0 Å². The van der Waals surface area contributed by atoms with Crippen molar-refractivity contribution in [2.45, 2.75) is 0 Å². The number of hydrogen-bond donors (Lipinski definition) is 0. The van der Waals surface area contributed by atoms with Gasteiger partial charge < -0.3 is 4.74 Å². The maximum Gasteiger partial charge on any atom is 0.273 e. The third-order valence-electron chi connectivity index (χ3n) is 1.33. The van der Waals surface area contributed by atoms with E-state index in [9.17, 15) is 10.1 Å². The maximum atomic E-state index is 10.4. The standard InChI is InChI=1S/C8H5Cl2NO3/c9-5-8(10)14-7-3-1-2-6(4-7)11(12)13/h1-5H/b8-5-. The molecule has 0 amide bonds. The highest BCUT2D eigenvalue weighted by molar-refractivity contribution is 6.35. The predicted molar refractivity (Wildman–Crippen MR) is 53.5 cm³/mol. The fourth-order valence-electron chi connectivity index (χ4n) is 0.795. The lowest BCUT2D eigenvalue weighted by Gasteiger charge is -2.01. The first-order valence-corrected chi connectivity index (χ1v) is 4.33. The van der Waals surface area contributed by atoms with E-state index >= 15 is 0 Å². The van der Waals surface area contributed by atoms with E-state index in [1.54, 1.807) is 0 Å². The number of rotatable bonds is 3. The zero-order valence-electron chi connectivity index (χ0n) is 6.81. The van der Waals surface area contributed by atoms with Crippen LogP contribution in [0, 0.1) is 10.1 Å². The molecule has 0 radical (unpaired) electrons. The Morgan fingerprint density at radius 2 is 2.29 bits per heavy atom. The molecule has 0 atom stereocenters. The highest BCUT2D eigenvalue weighted by atomic mass is 35.5. The van der Waals surface area contributed by atoms with E-state index in [-0.39, 0.29) is 16.7 Å². The zero-order chi connectivity index (χ0) is 10.6. The molecule has 4 nitrogen and oxygen atoms in total. The van der Waals surface area contributed by atoms with Gasteiger partial charge in [0.15, 0.2) is 0 Å². The van der Waals surface area contributed by atoms with Gasteiger partial charge in [-0.2, -0.15) is 0 Å². The number of nitro benzene ring substituents is 1. The van der Waals surface area contributed by atoms with Gasteiger partial charge in [0, 0.05) is 6.07 Å². The molecule has 14 heavy (non-hydrogen) atoms. The van der Waals surface area contributed by atoms with Crippen LogP contribution in [0.25, 0.3) is 0 Å². The smallest absolute Gasteiger partial charge is 0.273 e. The Morgan fingerprint density at radius 3 is 2.86 bits per heavy atom. The van der Waals surface area contributed by atoms with Gasteiger partial charge in [0.2, 0.25) is 5.22 Å². The lowest BCUT2D eigenvalue weighted by molar-refractivity contribution is -0.384. The van der Waals surface area contributed by atoms with E-state index in [1.807, 2.05) is 0 Å². The minimum atomic E-state index is -0.523. The van der Waals surface area contributed by atoms with Gasteiger partial charge in [-0.3, -0.25) is 10.1 Å². The summed E-state index contributed by atoms with van der Waals surface area (Å²) in [6.45, 7) is 0. The third kappa shape index (κ3) is 2.90. The summed E-state index contributed by atoms with van der Waals surface area (Å²) in [5, 5.41) is 10.3. The summed E-state index contributed by atoms with van der Waals surface area (Å²) in [5.41, 5.74) is 0.960. The van der Waals surface area contributed by atoms with E-state index in [1.165, 1.54) is 24.3 Å². The molecular formula is C8H5Cl2NO3. The third-order valence-corrected chi connectivity index (χ3v) is 1.83. The van der Waals surface area contributed by atoms with Crippen LogP contribution in [-0.4, -0.2) is 4.92 Å². The van der Waals surface area contributed by atoms with Gasteiger partial charge in [0.05, 0.1) is 16.5 Å². The molecule has 0 aliphatic carbocycles. The van der Waals surface area contributed by atoms with Crippen LogP contribution in [0.5, 0.6) is 5.75 Å². The average molecular weight is 234 g/mol. The lowest BCUT2D eigenvalue weighted by atomic mass is 10.3. The van der Waals surface area contributed by atoms with Gasteiger partial charge in [-0.25, -0.2) is 0 Å².